The molecule has 0 atom stereocenters. The van der Waals surface area contributed by atoms with Gasteiger partial charge in [0.25, 0.3) is 0 Å². The lowest BCUT2D eigenvalue weighted by Crippen LogP contribution is -2.06. The smallest absolute Gasteiger partial charge is 0.168 e. The molecule has 18 heavy (non-hydrogen) atoms. The fraction of sp³-hybridized carbons (Fsp3) is 0.143. The topological polar surface area (TPSA) is 30.0 Å². The summed E-state index contributed by atoms with van der Waals surface area (Å²) in [5.41, 5.74) is 0.0228. The molecule has 0 N–H and O–H groups in total. The Morgan fingerprint density at radius 1 is 1.22 bits per heavy atom. The average Bonchev–Trinajstić information content (AvgIpc) is 2.39. The Morgan fingerprint density at radius 2 is 2.00 bits per heavy atom. The molecule has 1 aromatic heterocycles. The highest BCUT2D eigenvalue weighted by Crippen LogP contribution is 2.25. The van der Waals surface area contributed by atoms with Crippen molar-refractivity contribution in [1.82, 2.24) is 4.98 Å². The number of rotatable bonds is 3. The van der Waals surface area contributed by atoms with Crippen LogP contribution in [0.5, 0.6) is 0 Å². The van der Waals surface area contributed by atoms with Gasteiger partial charge in [0.2, 0.25) is 0 Å². The van der Waals surface area contributed by atoms with E-state index in [1.807, 2.05) is 0 Å². The van der Waals surface area contributed by atoms with Gasteiger partial charge in [-0.05, 0) is 24.3 Å². The van der Waals surface area contributed by atoms with E-state index in [0.29, 0.717) is 5.69 Å². The highest BCUT2D eigenvalue weighted by Gasteiger charge is 2.20. The number of hydrogen-bond acceptors (Lipinski definition) is 2. The Bertz CT molecular complexity index is 582. The molecule has 0 radical (unpaired) electrons. The third-order valence-electron chi connectivity index (χ3n) is 2.63. The Kier molecular flexibility index (Phi) is 3.46. The van der Waals surface area contributed by atoms with E-state index >= 15 is 0 Å². The first kappa shape index (κ1) is 12.4. The van der Waals surface area contributed by atoms with E-state index in [1.165, 1.54) is 12.3 Å². The van der Waals surface area contributed by atoms with E-state index in [1.54, 1.807) is 25.1 Å². The van der Waals surface area contributed by atoms with Crippen LogP contribution >= 0.6 is 0 Å². The summed E-state index contributed by atoms with van der Waals surface area (Å²) in [4.78, 5) is 15.5. The number of nitrogens with zero attached hydrogens (tertiary/aromatic N) is 1. The van der Waals surface area contributed by atoms with Gasteiger partial charge < -0.3 is 0 Å². The van der Waals surface area contributed by atoms with Crippen LogP contribution < -0.4 is 0 Å². The minimum absolute atomic E-state index is 0.0551. The lowest BCUT2D eigenvalue weighted by molar-refractivity contribution is 0.0980. The number of Topliss-reactive ketones (excluding diaryl/α,β-unsaturated/α-hetero) is 1. The van der Waals surface area contributed by atoms with Crippen LogP contribution in [-0.4, -0.2) is 10.8 Å². The zero-order chi connectivity index (χ0) is 13.1. The van der Waals surface area contributed by atoms with Gasteiger partial charge in [-0.2, -0.15) is 0 Å². The molecule has 1 aromatic carbocycles. The van der Waals surface area contributed by atoms with Crippen molar-refractivity contribution >= 4 is 5.78 Å². The van der Waals surface area contributed by atoms with E-state index in [2.05, 4.69) is 4.98 Å². The molecule has 0 amide bonds. The number of carbonyl (C=O) groups excluding carboxylic acids is 1. The quantitative estimate of drug-likeness (QED) is 0.775. The second kappa shape index (κ2) is 5.04. The molecule has 2 rings (SSSR count). The van der Waals surface area contributed by atoms with Gasteiger partial charge in [-0.25, -0.2) is 8.78 Å². The van der Waals surface area contributed by atoms with Crippen LogP contribution in [0.15, 0.2) is 36.5 Å². The SMILES string of the molecule is CCC(=O)c1c(F)ccc(-c2ccccn2)c1F. The average molecular weight is 247 g/mol. The molecule has 0 aliphatic carbocycles. The zero-order valence-electron chi connectivity index (χ0n) is 9.78. The van der Waals surface area contributed by atoms with E-state index in [9.17, 15) is 13.6 Å². The summed E-state index contributed by atoms with van der Waals surface area (Å²) in [5, 5.41) is 0. The van der Waals surface area contributed by atoms with E-state index in [4.69, 9.17) is 0 Å². The highest BCUT2D eigenvalue weighted by atomic mass is 19.1. The third-order valence-corrected chi connectivity index (χ3v) is 2.63. The molecule has 0 unspecified atom stereocenters. The highest BCUT2D eigenvalue weighted by molar-refractivity contribution is 5.97. The first-order chi connectivity index (χ1) is 8.65. The molecular formula is C14H11F2NO. The maximum atomic E-state index is 14.2. The molecule has 2 nitrogen and oxygen atoms in total. The number of pyridine rings is 1. The number of ketones is 1. The van der Waals surface area contributed by atoms with Crippen molar-refractivity contribution in [2.75, 3.05) is 0 Å². The summed E-state index contributed by atoms with van der Waals surface area (Å²) in [6, 6.07) is 7.39. The van der Waals surface area contributed by atoms with Crippen LogP contribution in [0.25, 0.3) is 11.3 Å². The Morgan fingerprint density at radius 3 is 2.61 bits per heavy atom. The monoisotopic (exact) mass is 247 g/mol. The maximum Gasteiger partial charge on any atom is 0.168 e. The van der Waals surface area contributed by atoms with Gasteiger partial charge in [-0.1, -0.05) is 13.0 Å². The van der Waals surface area contributed by atoms with Gasteiger partial charge >= 0.3 is 0 Å². The van der Waals surface area contributed by atoms with Crippen LogP contribution in [0, 0.1) is 11.6 Å². The van der Waals surface area contributed by atoms with Gasteiger partial charge in [0.15, 0.2) is 5.78 Å². The predicted molar refractivity (Wildman–Crippen MR) is 64.2 cm³/mol. The molecule has 92 valence electrons. The number of benzene rings is 1. The summed E-state index contributed by atoms with van der Waals surface area (Å²) in [7, 11) is 0. The van der Waals surface area contributed by atoms with Crippen molar-refractivity contribution in [2.24, 2.45) is 0 Å². The standard InChI is InChI=1S/C14H11F2NO/c1-2-12(18)13-10(15)7-6-9(14(13)16)11-5-3-4-8-17-11/h3-8H,2H2,1H3. The van der Waals surface area contributed by atoms with E-state index < -0.39 is 23.0 Å². The maximum absolute atomic E-state index is 14.2. The Labute approximate surface area is 103 Å². The van der Waals surface area contributed by atoms with Crippen molar-refractivity contribution in [2.45, 2.75) is 13.3 Å². The van der Waals surface area contributed by atoms with Crippen molar-refractivity contribution in [3.05, 3.63) is 53.7 Å². The number of aromatic nitrogens is 1. The van der Waals surface area contributed by atoms with Crippen molar-refractivity contribution in [1.29, 1.82) is 0 Å². The molecule has 0 fully saturated rings. The molecule has 0 aliphatic heterocycles. The van der Waals surface area contributed by atoms with Gasteiger partial charge in [0, 0.05) is 18.2 Å². The molecular weight excluding hydrogens is 236 g/mol. The van der Waals surface area contributed by atoms with Crippen LogP contribution in [0.1, 0.15) is 23.7 Å². The van der Waals surface area contributed by atoms with Crippen LogP contribution in [-0.2, 0) is 0 Å². The second-order valence-corrected chi connectivity index (χ2v) is 3.78. The third kappa shape index (κ3) is 2.14. The summed E-state index contributed by atoms with van der Waals surface area (Å²) >= 11 is 0. The molecule has 0 bridgehead atoms. The molecule has 0 saturated heterocycles. The predicted octanol–water partition coefficient (Wildman–Crippen LogP) is 3.62. The number of carbonyl (C=O) groups is 1. The van der Waals surface area contributed by atoms with Gasteiger partial charge in [-0.3, -0.25) is 9.78 Å². The molecule has 4 heteroatoms. The van der Waals surface area contributed by atoms with E-state index in [-0.39, 0.29) is 12.0 Å². The molecule has 0 spiro atoms. The van der Waals surface area contributed by atoms with Gasteiger partial charge in [-0.15, -0.1) is 0 Å². The Hall–Kier alpha value is -2.10. The summed E-state index contributed by atoms with van der Waals surface area (Å²) in [6.07, 6.45) is 1.57. The minimum atomic E-state index is -0.847. The Balaban J connectivity index is 2.62. The van der Waals surface area contributed by atoms with Crippen LogP contribution in [0.2, 0.25) is 0 Å². The lowest BCUT2D eigenvalue weighted by atomic mass is 10.0. The molecule has 2 aromatic rings. The van der Waals surface area contributed by atoms with Crippen molar-refractivity contribution in [3.63, 3.8) is 0 Å². The molecule has 0 aliphatic rings. The lowest BCUT2D eigenvalue weighted by Gasteiger charge is -2.07. The van der Waals surface area contributed by atoms with Gasteiger partial charge in [0.1, 0.15) is 11.6 Å². The first-order valence-corrected chi connectivity index (χ1v) is 5.57. The summed E-state index contributed by atoms with van der Waals surface area (Å²) < 4.78 is 27.7. The molecule has 0 saturated carbocycles. The normalized spacial score (nSPS) is 10.4. The van der Waals surface area contributed by atoms with E-state index in [0.717, 1.165) is 6.07 Å². The fourth-order valence-electron chi connectivity index (χ4n) is 1.70. The number of hydrogen-bond donors (Lipinski definition) is 0. The zero-order valence-corrected chi connectivity index (χ0v) is 9.78. The summed E-state index contributed by atoms with van der Waals surface area (Å²) in [6.45, 7) is 1.56. The van der Waals surface area contributed by atoms with Crippen LogP contribution in [0.3, 0.4) is 0 Å². The number of halogens is 2. The second-order valence-electron chi connectivity index (χ2n) is 3.78. The van der Waals surface area contributed by atoms with Crippen molar-refractivity contribution in [3.8, 4) is 11.3 Å². The van der Waals surface area contributed by atoms with Gasteiger partial charge in [0.05, 0.1) is 11.3 Å². The largest absolute Gasteiger partial charge is 0.294 e. The summed E-state index contributed by atoms with van der Waals surface area (Å²) in [5.74, 6) is -2.23. The fourth-order valence-corrected chi connectivity index (χ4v) is 1.70. The minimum Gasteiger partial charge on any atom is -0.294 e. The van der Waals surface area contributed by atoms with Crippen LogP contribution in [0.4, 0.5) is 8.78 Å². The first-order valence-electron chi connectivity index (χ1n) is 5.57. The van der Waals surface area contributed by atoms with Crippen molar-refractivity contribution < 1.29 is 13.6 Å². The molecule has 1 heterocycles.